The molecule has 0 aliphatic rings. The Morgan fingerprint density at radius 2 is 2.29 bits per heavy atom. The number of thiocarbonyl (C=S) groups is 1. The van der Waals surface area contributed by atoms with E-state index < -0.39 is 0 Å². The Bertz CT molecular complexity index is 493. The maximum Gasteiger partial charge on any atom is 0.128 e. The van der Waals surface area contributed by atoms with Crippen LogP contribution in [0.2, 0.25) is 0 Å². The van der Waals surface area contributed by atoms with Gasteiger partial charge in [0.15, 0.2) is 0 Å². The lowest BCUT2D eigenvalue weighted by atomic mass is 10.3. The molecule has 2 N–H and O–H groups in total. The third kappa shape index (κ3) is 2.98. The van der Waals surface area contributed by atoms with Gasteiger partial charge in [0.2, 0.25) is 0 Å². The zero-order valence-electron chi connectivity index (χ0n) is 9.33. The summed E-state index contributed by atoms with van der Waals surface area (Å²) < 4.78 is 0. The van der Waals surface area contributed by atoms with E-state index in [1.165, 1.54) is 0 Å². The molecule has 6 heteroatoms. The van der Waals surface area contributed by atoms with Gasteiger partial charge < -0.3 is 10.6 Å². The Morgan fingerprint density at radius 3 is 2.82 bits per heavy atom. The highest BCUT2D eigenvalue weighted by Gasteiger charge is 2.05. The van der Waals surface area contributed by atoms with Crippen molar-refractivity contribution in [3.05, 3.63) is 40.5 Å². The summed E-state index contributed by atoms with van der Waals surface area (Å²) in [6.07, 6.45) is 1.69. The second kappa shape index (κ2) is 5.20. The smallest absolute Gasteiger partial charge is 0.128 e. The van der Waals surface area contributed by atoms with Crippen molar-refractivity contribution in [2.75, 3.05) is 11.9 Å². The second-order valence-electron chi connectivity index (χ2n) is 3.61. The van der Waals surface area contributed by atoms with Gasteiger partial charge in [-0.05, 0) is 12.1 Å². The van der Waals surface area contributed by atoms with Crippen LogP contribution in [0.15, 0.2) is 29.2 Å². The monoisotopic (exact) mass is 264 g/mol. The molecule has 0 aromatic carbocycles. The van der Waals surface area contributed by atoms with Crippen LogP contribution in [0.1, 0.15) is 11.3 Å². The van der Waals surface area contributed by atoms with Crippen LogP contribution in [0, 0.1) is 0 Å². The lowest BCUT2D eigenvalue weighted by Gasteiger charge is -2.16. The van der Waals surface area contributed by atoms with E-state index in [2.05, 4.69) is 9.97 Å². The molecule has 0 atom stereocenters. The Balaban J connectivity index is 2.09. The first kappa shape index (κ1) is 11.9. The largest absolute Gasteiger partial charge is 0.389 e. The zero-order valence-corrected chi connectivity index (χ0v) is 11.0. The van der Waals surface area contributed by atoms with Crippen molar-refractivity contribution in [3.8, 4) is 0 Å². The van der Waals surface area contributed by atoms with Crippen LogP contribution in [0.5, 0.6) is 0 Å². The van der Waals surface area contributed by atoms with Crippen LogP contribution in [0.3, 0.4) is 0 Å². The first-order valence-electron chi connectivity index (χ1n) is 5.01. The molecule has 0 fully saturated rings. The molecular formula is C11H12N4S2. The number of nitrogens with two attached hydrogens (primary N) is 1. The number of rotatable bonds is 4. The summed E-state index contributed by atoms with van der Waals surface area (Å²) in [6, 6.07) is 3.78. The molecule has 2 aromatic rings. The number of nitrogens with zero attached hydrogens (tertiary/aromatic N) is 3. The van der Waals surface area contributed by atoms with Gasteiger partial charge >= 0.3 is 0 Å². The quantitative estimate of drug-likeness (QED) is 0.854. The molecule has 2 rings (SSSR count). The molecule has 17 heavy (non-hydrogen) atoms. The molecule has 2 aromatic heterocycles. The van der Waals surface area contributed by atoms with Crippen molar-refractivity contribution in [2.45, 2.75) is 6.54 Å². The van der Waals surface area contributed by atoms with Crippen molar-refractivity contribution in [1.29, 1.82) is 0 Å². The summed E-state index contributed by atoms with van der Waals surface area (Å²) in [4.78, 5) is 10.9. The fraction of sp³-hybridized carbons (Fsp3) is 0.182. The minimum Gasteiger partial charge on any atom is -0.389 e. The highest BCUT2D eigenvalue weighted by molar-refractivity contribution is 7.80. The Kier molecular flexibility index (Phi) is 3.65. The van der Waals surface area contributed by atoms with E-state index >= 15 is 0 Å². The zero-order chi connectivity index (χ0) is 12.3. The van der Waals surface area contributed by atoms with Crippen LogP contribution in [0.25, 0.3) is 0 Å². The molecule has 0 saturated carbocycles. The topological polar surface area (TPSA) is 55.0 Å². The average molecular weight is 264 g/mol. The number of thiazole rings is 1. The molecule has 88 valence electrons. The third-order valence-electron chi connectivity index (χ3n) is 2.31. The Labute approximate surface area is 109 Å². The molecule has 0 unspecified atom stereocenters. The van der Waals surface area contributed by atoms with Crippen molar-refractivity contribution in [3.63, 3.8) is 0 Å². The molecule has 2 heterocycles. The van der Waals surface area contributed by atoms with Crippen LogP contribution in [-0.2, 0) is 6.54 Å². The number of pyridine rings is 1. The lowest BCUT2D eigenvalue weighted by Crippen LogP contribution is -2.18. The minimum atomic E-state index is 0.367. The van der Waals surface area contributed by atoms with E-state index in [4.69, 9.17) is 18.0 Å². The first-order valence-corrected chi connectivity index (χ1v) is 6.36. The summed E-state index contributed by atoms with van der Waals surface area (Å²) in [7, 11) is 1.97. The lowest BCUT2D eigenvalue weighted by molar-refractivity contribution is 0.874. The molecule has 0 radical (unpaired) electrons. The SMILES string of the molecule is CN(Cc1cscn1)c1ccc(C(N)=S)cn1. The number of hydrogen-bond donors (Lipinski definition) is 1. The second-order valence-corrected chi connectivity index (χ2v) is 4.76. The van der Waals surface area contributed by atoms with Gasteiger partial charge in [0, 0.05) is 24.2 Å². The average Bonchev–Trinajstić information content (AvgIpc) is 2.82. The van der Waals surface area contributed by atoms with E-state index in [0.29, 0.717) is 4.99 Å². The molecular weight excluding hydrogens is 252 g/mol. The van der Waals surface area contributed by atoms with Crippen LogP contribution >= 0.6 is 23.6 Å². The van der Waals surface area contributed by atoms with Crippen molar-refractivity contribution >= 4 is 34.4 Å². The molecule has 0 amide bonds. The van der Waals surface area contributed by atoms with Crippen molar-refractivity contribution in [2.24, 2.45) is 5.73 Å². The molecule has 0 aliphatic carbocycles. The third-order valence-corrected chi connectivity index (χ3v) is 3.18. The minimum absolute atomic E-state index is 0.367. The van der Waals surface area contributed by atoms with Crippen LogP contribution < -0.4 is 10.6 Å². The van der Waals surface area contributed by atoms with Gasteiger partial charge in [-0.2, -0.15) is 0 Å². The van der Waals surface area contributed by atoms with Gasteiger partial charge in [0.05, 0.1) is 17.7 Å². The predicted molar refractivity (Wildman–Crippen MR) is 74.3 cm³/mol. The van der Waals surface area contributed by atoms with Gasteiger partial charge in [-0.3, -0.25) is 0 Å². The molecule has 4 nitrogen and oxygen atoms in total. The Morgan fingerprint density at radius 1 is 1.47 bits per heavy atom. The van der Waals surface area contributed by atoms with E-state index in [-0.39, 0.29) is 0 Å². The normalized spacial score (nSPS) is 10.2. The highest BCUT2D eigenvalue weighted by atomic mass is 32.1. The van der Waals surface area contributed by atoms with Gasteiger partial charge in [0.1, 0.15) is 10.8 Å². The highest BCUT2D eigenvalue weighted by Crippen LogP contribution is 2.13. The summed E-state index contributed by atoms with van der Waals surface area (Å²) in [5, 5.41) is 2.03. The maximum absolute atomic E-state index is 5.52. The number of hydrogen-bond acceptors (Lipinski definition) is 5. The van der Waals surface area contributed by atoms with E-state index in [1.54, 1.807) is 17.5 Å². The number of aromatic nitrogens is 2. The molecule has 0 bridgehead atoms. The van der Waals surface area contributed by atoms with Crippen molar-refractivity contribution in [1.82, 2.24) is 9.97 Å². The predicted octanol–water partition coefficient (Wildman–Crippen LogP) is 1.81. The van der Waals surface area contributed by atoms with E-state index in [0.717, 1.165) is 23.6 Å². The molecule has 0 saturated heterocycles. The fourth-order valence-corrected chi connectivity index (χ4v) is 2.07. The van der Waals surface area contributed by atoms with Crippen LogP contribution in [0.4, 0.5) is 5.82 Å². The number of anilines is 1. The first-order chi connectivity index (χ1) is 8.16. The maximum atomic E-state index is 5.52. The summed E-state index contributed by atoms with van der Waals surface area (Å²) >= 11 is 6.47. The van der Waals surface area contributed by atoms with Gasteiger partial charge in [-0.15, -0.1) is 11.3 Å². The molecule has 0 spiro atoms. The van der Waals surface area contributed by atoms with E-state index in [9.17, 15) is 0 Å². The summed E-state index contributed by atoms with van der Waals surface area (Å²) in [5.74, 6) is 0.873. The molecule has 0 aliphatic heterocycles. The van der Waals surface area contributed by atoms with Crippen LogP contribution in [-0.4, -0.2) is 22.0 Å². The summed E-state index contributed by atoms with van der Waals surface area (Å²) in [5.41, 5.74) is 9.17. The van der Waals surface area contributed by atoms with Gasteiger partial charge in [0.25, 0.3) is 0 Å². The van der Waals surface area contributed by atoms with Gasteiger partial charge in [-0.1, -0.05) is 12.2 Å². The van der Waals surface area contributed by atoms with E-state index in [1.807, 2.05) is 35.0 Å². The summed E-state index contributed by atoms with van der Waals surface area (Å²) in [6.45, 7) is 0.739. The van der Waals surface area contributed by atoms with Gasteiger partial charge in [-0.25, -0.2) is 9.97 Å². The standard InChI is InChI=1S/C11H12N4S2/c1-15(5-9-6-17-7-14-9)10-3-2-8(4-13-10)11(12)16/h2-4,6-7H,5H2,1H3,(H2,12,16). The fourth-order valence-electron chi connectivity index (χ4n) is 1.40. The van der Waals surface area contributed by atoms with Crippen molar-refractivity contribution < 1.29 is 0 Å². The Hall–Kier alpha value is -1.53.